The van der Waals surface area contributed by atoms with Crippen LogP contribution in [-0.4, -0.2) is 60.7 Å². The SMILES string of the molecule is CC(=O)N1CCN(C(=O)Cc2ccc(N(C)C(C)=O)cc2)CC1. The molecule has 0 aliphatic carbocycles. The zero-order valence-corrected chi connectivity index (χ0v) is 13.9. The fourth-order valence-electron chi connectivity index (χ4n) is 2.58. The maximum absolute atomic E-state index is 12.3. The Morgan fingerprint density at radius 1 is 0.957 bits per heavy atom. The van der Waals surface area contributed by atoms with E-state index < -0.39 is 0 Å². The number of hydrogen-bond donors (Lipinski definition) is 0. The molecule has 1 aliphatic heterocycles. The van der Waals surface area contributed by atoms with Crippen LogP contribution in [0.25, 0.3) is 0 Å². The minimum absolute atomic E-state index is 0.0304. The van der Waals surface area contributed by atoms with E-state index in [1.807, 2.05) is 24.3 Å². The van der Waals surface area contributed by atoms with Crippen LogP contribution in [0.5, 0.6) is 0 Å². The van der Waals surface area contributed by atoms with Gasteiger partial charge in [-0.1, -0.05) is 12.1 Å². The zero-order valence-electron chi connectivity index (χ0n) is 13.9. The fourth-order valence-corrected chi connectivity index (χ4v) is 2.58. The van der Waals surface area contributed by atoms with Crippen LogP contribution in [0, 0.1) is 0 Å². The number of rotatable bonds is 3. The van der Waals surface area contributed by atoms with E-state index in [0.29, 0.717) is 32.6 Å². The summed E-state index contributed by atoms with van der Waals surface area (Å²) in [5, 5.41) is 0. The first-order valence-corrected chi connectivity index (χ1v) is 7.75. The fraction of sp³-hybridized carbons (Fsp3) is 0.471. The molecule has 1 aromatic rings. The summed E-state index contributed by atoms with van der Waals surface area (Å²) in [6.45, 7) is 5.44. The van der Waals surface area contributed by atoms with Crippen molar-refractivity contribution in [3.63, 3.8) is 0 Å². The molecule has 1 saturated heterocycles. The molecule has 0 atom stereocenters. The van der Waals surface area contributed by atoms with Gasteiger partial charge in [-0.3, -0.25) is 14.4 Å². The molecule has 1 heterocycles. The van der Waals surface area contributed by atoms with Crippen LogP contribution in [0.4, 0.5) is 5.69 Å². The first-order valence-electron chi connectivity index (χ1n) is 7.75. The summed E-state index contributed by atoms with van der Waals surface area (Å²) in [6.07, 6.45) is 0.337. The average molecular weight is 317 g/mol. The Balaban J connectivity index is 1.91. The minimum Gasteiger partial charge on any atom is -0.339 e. The van der Waals surface area contributed by atoms with E-state index in [9.17, 15) is 14.4 Å². The molecule has 0 radical (unpaired) electrons. The predicted octanol–water partition coefficient (Wildman–Crippen LogP) is 0.902. The van der Waals surface area contributed by atoms with Crippen molar-refractivity contribution in [3.05, 3.63) is 29.8 Å². The lowest BCUT2D eigenvalue weighted by Gasteiger charge is -2.34. The Labute approximate surface area is 136 Å². The van der Waals surface area contributed by atoms with Gasteiger partial charge in [0.1, 0.15) is 0 Å². The molecule has 0 spiro atoms. The number of amides is 3. The van der Waals surface area contributed by atoms with Crippen molar-refractivity contribution in [1.29, 1.82) is 0 Å². The summed E-state index contributed by atoms with van der Waals surface area (Å²) in [7, 11) is 1.72. The maximum Gasteiger partial charge on any atom is 0.227 e. The molecule has 0 aromatic heterocycles. The van der Waals surface area contributed by atoms with E-state index in [4.69, 9.17) is 0 Å². The van der Waals surface area contributed by atoms with Crippen molar-refractivity contribution in [1.82, 2.24) is 9.80 Å². The normalized spacial score (nSPS) is 14.6. The van der Waals surface area contributed by atoms with Crippen LogP contribution in [0.1, 0.15) is 19.4 Å². The van der Waals surface area contributed by atoms with Crippen LogP contribution >= 0.6 is 0 Å². The van der Waals surface area contributed by atoms with Crippen molar-refractivity contribution in [3.8, 4) is 0 Å². The van der Waals surface area contributed by atoms with E-state index in [2.05, 4.69) is 0 Å². The highest BCUT2D eigenvalue weighted by atomic mass is 16.2. The molecule has 3 amide bonds. The van der Waals surface area contributed by atoms with Crippen LogP contribution in [0.3, 0.4) is 0 Å². The average Bonchev–Trinajstić information content (AvgIpc) is 2.54. The maximum atomic E-state index is 12.3. The second-order valence-electron chi connectivity index (χ2n) is 5.81. The van der Waals surface area contributed by atoms with Gasteiger partial charge in [-0.2, -0.15) is 0 Å². The smallest absolute Gasteiger partial charge is 0.227 e. The number of carbonyl (C=O) groups is 3. The van der Waals surface area contributed by atoms with Gasteiger partial charge in [-0.05, 0) is 17.7 Å². The molecule has 23 heavy (non-hydrogen) atoms. The highest BCUT2D eigenvalue weighted by Crippen LogP contribution is 2.15. The van der Waals surface area contributed by atoms with Gasteiger partial charge in [0.05, 0.1) is 6.42 Å². The molecule has 6 nitrogen and oxygen atoms in total. The number of piperazine rings is 1. The second-order valence-corrected chi connectivity index (χ2v) is 5.81. The molecule has 1 fully saturated rings. The predicted molar refractivity (Wildman–Crippen MR) is 88.1 cm³/mol. The Morgan fingerprint density at radius 3 is 1.96 bits per heavy atom. The van der Waals surface area contributed by atoms with Gasteiger partial charge in [-0.15, -0.1) is 0 Å². The van der Waals surface area contributed by atoms with Gasteiger partial charge >= 0.3 is 0 Å². The molecule has 2 rings (SSSR count). The molecular formula is C17H23N3O3. The molecule has 0 unspecified atom stereocenters. The highest BCUT2D eigenvalue weighted by Gasteiger charge is 2.22. The van der Waals surface area contributed by atoms with E-state index in [1.165, 1.54) is 6.92 Å². The van der Waals surface area contributed by atoms with Gasteiger partial charge in [0.25, 0.3) is 0 Å². The first kappa shape index (κ1) is 17.0. The van der Waals surface area contributed by atoms with Crippen molar-refractivity contribution < 1.29 is 14.4 Å². The Hall–Kier alpha value is -2.37. The zero-order chi connectivity index (χ0) is 17.0. The lowest BCUT2D eigenvalue weighted by Crippen LogP contribution is -2.50. The molecule has 6 heteroatoms. The third kappa shape index (κ3) is 4.31. The van der Waals surface area contributed by atoms with Crippen molar-refractivity contribution in [2.24, 2.45) is 0 Å². The summed E-state index contributed by atoms with van der Waals surface area (Å²) in [5.74, 6) is 0.0975. The van der Waals surface area contributed by atoms with Gasteiger partial charge in [0.15, 0.2) is 0 Å². The molecule has 124 valence electrons. The summed E-state index contributed by atoms with van der Waals surface area (Å²) in [4.78, 5) is 40.1. The Morgan fingerprint density at radius 2 is 1.48 bits per heavy atom. The number of nitrogens with zero attached hydrogens (tertiary/aromatic N) is 3. The van der Waals surface area contributed by atoms with Crippen LogP contribution in [0.15, 0.2) is 24.3 Å². The minimum atomic E-state index is -0.0304. The topological polar surface area (TPSA) is 60.9 Å². The van der Waals surface area contributed by atoms with Gasteiger partial charge in [0, 0.05) is 52.8 Å². The quantitative estimate of drug-likeness (QED) is 0.832. The molecule has 0 saturated carbocycles. The number of hydrogen-bond acceptors (Lipinski definition) is 3. The van der Waals surface area contributed by atoms with Crippen LogP contribution in [-0.2, 0) is 20.8 Å². The first-order chi connectivity index (χ1) is 10.9. The summed E-state index contributed by atoms with van der Waals surface area (Å²) in [6, 6.07) is 7.44. The lowest BCUT2D eigenvalue weighted by molar-refractivity contribution is -0.138. The number of benzene rings is 1. The van der Waals surface area contributed by atoms with Gasteiger partial charge in [0.2, 0.25) is 17.7 Å². The molecule has 0 N–H and O–H groups in total. The third-order valence-electron chi connectivity index (χ3n) is 4.23. The largest absolute Gasteiger partial charge is 0.339 e. The van der Waals surface area contributed by atoms with Gasteiger partial charge < -0.3 is 14.7 Å². The standard InChI is InChI=1S/C17H23N3O3/c1-13(21)18(3)16-6-4-15(5-7-16)12-17(23)20-10-8-19(9-11-20)14(2)22/h4-7H,8-12H2,1-3H3. The molecule has 1 aliphatic rings. The lowest BCUT2D eigenvalue weighted by atomic mass is 10.1. The molecular weight excluding hydrogens is 294 g/mol. The van der Waals surface area contributed by atoms with Crippen LogP contribution < -0.4 is 4.90 Å². The summed E-state index contributed by atoms with van der Waals surface area (Å²) >= 11 is 0. The Bertz CT molecular complexity index is 590. The van der Waals surface area contributed by atoms with E-state index in [0.717, 1.165) is 11.3 Å². The third-order valence-corrected chi connectivity index (χ3v) is 4.23. The molecule has 1 aromatic carbocycles. The summed E-state index contributed by atoms with van der Waals surface area (Å²) < 4.78 is 0. The van der Waals surface area contributed by atoms with Crippen molar-refractivity contribution in [2.75, 3.05) is 38.1 Å². The van der Waals surface area contributed by atoms with Crippen molar-refractivity contribution >= 4 is 23.4 Å². The van der Waals surface area contributed by atoms with E-state index in [1.54, 1.807) is 28.7 Å². The van der Waals surface area contributed by atoms with Crippen molar-refractivity contribution in [2.45, 2.75) is 20.3 Å². The number of anilines is 1. The highest BCUT2D eigenvalue weighted by molar-refractivity contribution is 5.90. The molecule has 0 bridgehead atoms. The van der Waals surface area contributed by atoms with Crippen LogP contribution in [0.2, 0.25) is 0 Å². The van der Waals surface area contributed by atoms with E-state index in [-0.39, 0.29) is 17.7 Å². The van der Waals surface area contributed by atoms with E-state index >= 15 is 0 Å². The monoisotopic (exact) mass is 317 g/mol. The Kier molecular flexibility index (Phi) is 5.36. The van der Waals surface area contributed by atoms with Gasteiger partial charge in [-0.25, -0.2) is 0 Å². The summed E-state index contributed by atoms with van der Waals surface area (Å²) in [5.41, 5.74) is 1.73. The number of carbonyl (C=O) groups excluding carboxylic acids is 3. The second kappa shape index (κ2) is 7.26.